The lowest BCUT2D eigenvalue weighted by molar-refractivity contribution is 0.194. The minimum atomic E-state index is -0.341. The van der Waals surface area contributed by atoms with Gasteiger partial charge >= 0.3 is 6.01 Å². The van der Waals surface area contributed by atoms with Crippen LogP contribution in [-0.2, 0) is 0 Å². The van der Waals surface area contributed by atoms with Gasteiger partial charge in [-0.3, -0.25) is 0 Å². The van der Waals surface area contributed by atoms with Gasteiger partial charge in [-0.15, -0.1) is 0 Å². The Hall–Kier alpha value is -3.97. The summed E-state index contributed by atoms with van der Waals surface area (Å²) in [5.74, 6) is 1.74. The van der Waals surface area contributed by atoms with E-state index in [4.69, 9.17) is 20.7 Å². The second-order valence-corrected chi connectivity index (χ2v) is 9.08. The number of halogens is 1. The van der Waals surface area contributed by atoms with Crippen LogP contribution in [0.3, 0.4) is 0 Å². The van der Waals surface area contributed by atoms with Crippen molar-refractivity contribution in [1.29, 1.82) is 5.26 Å². The Morgan fingerprint density at radius 3 is 2.85 bits per heavy atom. The van der Waals surface area contributed by atoms with E-state index < -0.39 is 0 Å². The second-order valence-electron chi connectivity index (χ2n) is 9.08. The van der Waals surface area contributed by atoms with Crippen LogP contribution in [0.2, 0.25) is 0 Å². The number of aryl methyl sites for hydroxylation is 1. The third-order valence-electron chi connectivity index (χ3n) is 7.04. The number of anilines is 2. The molecule has 2 aliphatic rings. The van der Waals surface area contributed by atoms with E-state index >= 15 is 0 Å². The predicted octanol–water partition coefficient (Wildman–Crippen LogP) is 3.44. The molecule has 1 saturated heterocycles. The zero-order valence-electron chi connectivity index (χ0n) is 18.8. The van der Waals surface area contributed by atoms with E-state index in [0.717, 1.165) is 30.4 Å². The molecule has 4 N–H and O–H groups in total. The number of benzene rings is 1. The minimum absolute atomic E-state index is 0.148. The third-order valence-corrected chi connectivity index (χ3v) is 7.04. The number of rotatable bonds is 4. The van der Waals surface area contributed by atoms with Crippen LogP contribution in [0.1, 0.15) is 17.7 Å². The topological polar surface area (TPSA) is 129 Å². The molecule has 1 aliphatic carbocycles. The second kappa shape index (κ2) is 7.53. The van der Waals surface area contributed by atoms with Crippen molar-refractivity contribution >= 4 is 33.4 Å². The molecule has 2 fully saturated rings. The monoisotopic (exact) mass is 458 g/mol. The van der Waals surface area contributed by atoms with Gasteiger partial charge in [0, 0.05) is 31.6 Å². The molecule has 1 aliphatic heterocycles. The van der Waals surface area contributed by atoms with Crippen molar-refractivity contribution in [3.05, 3.63) is 41.5 Å². The van der Waals surface area contributed by atoms with E-state index in [1.165, 1.54) is 18.3 Å². The van der Waals surface area contributed by atoms with Crippen molar-refractivity contribution in [2.24, 2.45) is 17.6 Å². The summed E-state index contributed by atoms with van der Waals surface area (Å²) in [6.45, 7) is 3.42. The normalized spacial score (nSPS) is 21.4. The van der Waals surface area contributed by atoms with Crippen LogP contribution >= 0.6 is 0 Å². The number of hydrogen-bond acceptors (Lipinski definition) is 8. The molecule has 4 aromatic rings. The molecule has 1 aromatic carbocycles. The van der Waals surface area contributed by atoms with Gasteiger partial charge < -0.3 is 25.7 Å². The first-order chi connectivity index (χ1) is 16.4. The Balaban J connectivity index is 1.51. The molecule has 172 valence electrons. The fourth-order valence-electron chi connectivity index (χ4n) is 5.26. The number of nitrogens with two attached hydrogens (primary N) is 1. The van der Waals surface area contributed by atoms with E-state index in [1.54, 1.807) is 20.0 Å². The Kier molecular flexibility index (Phi) is 4.57. The van der Waals surface area contributed by atoms with Crippen LogP contribution in [0.25, 0.3) is 21.9 Å². The molecule has 0 spiro atoms. The average molecular weight is 459 g/mol. The molecule has 10 heteroatoms. The van der Waals surface area contributed by atoms with Crippen LogP contribution in [0.15, 0.2) is 24.4 Å². The standard InChI is InChI=1S/C24H23FN8O/c1-11-3-14(8-29-19(11)7-26)34-24-31-22-20(15-5-13(25)6-18(28-2)21(15)30-22)23(32-24)33-9-12-4-17(27)16(12)10-33/h3,5-6,8,12,16-17,28H,4,9-10,27H2,1-2H3,(H,30,31,32)/t12?,16?,17-/m1/s1. The molecule has 0 bridgehead atoms. The fourth-order valence-corrected chi connectivity index (χ4v) is 5.26. The first-order valence-corrected chi connectivity index (χ1v) is 11.2. The molecule has 1 saturated carbocycles. The number of aromatic amines is 1. The molecule has 3 atom stereocenters. The predicted molar refractivity (Wildman–Crippen MR) is 126 cm³/mol. The highest BCUT2D eigenvalue weighted by molar-refractivity contribution is 6.14. The average Bonchev–Trinajstić information content (AvgIpc) is 3.35. The number of nitrogens with zero attached hydrogens (tertiary/aromatic N) is 5. The molecule has 0 radical (unpaired) electrons. The van der Waals surface area contributed by atoms with Gasteiger partial charge in [0.15, 0.2) is 0 Å². The van der Waals surface area contributed by atoms with Crippen LogP contribution < -0.4 is 20.7 Å². The molecule has 34 heavy (non-hydrogen) atoms. The van der Waals surface area contributed by atoms with Crippen LogP contribution in [-0.4, -0.2) is 46.1 Å². The Bertz CT molecular complexity index is 1490. The van der Waals surface area contributed by atoms with E-state index in [-0.39, 0.29) is 17.9 Å². The molecule has 2 unspecified atom stereocenters. The van der Waals surface area contributed by atoms with Crippen LogP contribution in [0.5, 0.6) is 11.8 Å². The Morgan fingerprint density at radius 2 is 2.15 bits per heavy atom. The molecular formula is C24H23FN8O. The molecule has 4 heterocycles. The summed E-state index contributed by atoms with van der Waals surface area (Å²) in [6, 6.07) is 7.08. The third kappa shape index (κ3) is 3.12. The molecule has 3 aromatic heterocycles. The summed E-state index contributed by atoms with van der Waals surface area (Å²) < 4.78 is 20.4. The maximum absolute atomic E-state index is 14.5. The van der Waals surface area contributed by atoms with Gasteiger partial charge in [0.1, 0.15) is 34.8 Å². The number of ether oxygens (including phenoxy) is 1. The largest absolute Gasteiger partial charge is 0.423 e. The molecule has 0 amide bonds. The SMILES string of the molecule is CNc1cc(F)cc2c1[nH]c1nc(Oc3cnc(C#N)c(C)c3)nc(N3CC4C[C@@H](N)C4C3)c12. The quantitative estimate of drug-likeness (QED) is 0.424. The van der Waals surface area contributed by atoms with Gasteiger partial charge in [0.2, 0.25) is 0 Å². The van der Waals surface area contributed by atoms with Crippen molar-refractivity contribution < 1.29 is 9.13 Å². The summed E-state index contributed by atoms with van der Waals surface area (Å²) in [7, 11) is 1.75. The van der Waals surface area contributed by atoms with Crippen molar-refractivity contribution in [1.82, 2.24) is 19.9 Å². The van der Waals surface area contributed by atoms with Crippen LogP contribution in [0.4, 0.5) is 15.9 Å². The highest BCUT2D eigenvalue weighted by atomic mass is 19.1. The van der Waals surface area contributed by atoms with Gasteiger partial charge in [-0.1, -0.05) is 0 Å². The lowest BCUT2D eigenvalue weighted by atomic mass is 9.72. The summed E-state index contributed by atoms with van der Waals surface area (Å²) >= 11 is 0. The van der Waals surface area contributed by atoms with Crippen molar-refractivity contribution in [2.75, 3.05) is 30.4 Å². The Morgan fingerprint density at radius 1 is 1.29 bits per heavy atom. The first-order valence-electron chi connectivity index (χ1n) is 11.2. The van der Waals surface area contributed by atoms with E-state index in [2.05, 4.69) is 25.2 Å². The highest BCUT2D eigenvalue weighted by Gasteiger charge is 2.46. The van der Waals surface area contributed by atoms with Gasteiger partial charge in [-0.2, -0.15) is 15.2 Å². The van der Waals surface area contributed by atoms with Crippen molar-refractivity contribution in [2.45, 2.75) is 19.4 Å². The maximum atomic E-state index is 14.5. The summed E-state index contributed by atoms with van der Waals surface area (Å²) in [4.78, 5) is 19.0. The number of nitrogens with one attached hydrogen (secondary N) is 2. The minimum Gasteiger partial charge on any atom is -0.423 e. The number of aromatic nitrogens is 4. The van der Waals surface area contributed by atoms with E-state index in [1.807, 2.05) is 6.07 Å². The number of fused-ring (bicyclic) bond motifs is 4. The smallest absolute Gasteiger partial charge is 0.326 e. The van der Waals surface area contributed by atoms with Crippen molar-refractivity contribution in [3.8, 4) is 17.8 Å². The molecule has 6 rings (SSSR count). The number of nitriles is 1. The summed E-state index contributed by atoms with van der Waals surface area (Å²) in [5, 5.41) is 13.7. The van der Waals surface area contributed by atoms with Gasteiger partial charge in [0.25, 0.3) is 0 Å². The van der Waals surface area contributed by atoms with Crippen LogP contribution in [0, 0.1) is 35.9 Å². The van der Waals surface area contributed by atoms with E-state index in [9.17, 15) is 4.39 Å². The summed E-state index contributed by atoms with van der Waals surface area (Å²) in [6.07, 6.45) is 2.48. The molecule has 9 nitrogen and oxygen atoms in total. The Labute approximate surface area is 194 Å². The summed E-state index contributed by atoms with van der Waals surface area (Å²) in [5.41, 5.74) is 9.22. The van der Waals surface area contributed by atoms with Gasteiger partial charge in [0.05, 0.1) is 22.8 Å². The fraction of sp³-hybridized carbons (Fsp3) is 0.333. The first kappa shape index (κ1) is 20.6. The van der Waals surface area contributed by atoms with Gasteiger partial charge in [-0.05, 0) is 48.9 Å². The van der Waals surface area contributed by atoms with E-state index in [0.29, 0.717) is 51.4 Å². The number of pyridine rings is 1. The lowest BCUT2D eigenvalue weighted by Gasteiger charge is -2.36. The lowest BCUT2D eigenvalue weighted by Crippen LogP contribution is -2.46. The zero-order chi connectivity index (χ0) is 23.6. The highest BCUT2D eigenvalue weighted by Crippen LogP contribution is 2.44. The van der Waals surface area contributed by atoms with Gasteiger partial charge in [-0.25, -0.2) is 9.37 Å². The van der Waals surface area contributed by atoms with Crippen molar-refractivity contribution in [3.63, 3.8) is 0 Å². The number of H-pyrrole nitrogens is 1. The number of hydrogen-bond donors (Lipinski definition) is 3. The maximum Gasteiger partial charge on any atom is 0.326 e. The zero-order valence-corrected chi connectivity index (χ0v) is 18.8. The molecular weight excluding hydrogens is 435 g/mol.